The molecule has 62 heavy (non-hydrogen) atoms. The maximum absolute atomic E-state index is 2.47. The Morgan fingerprint density at radius 1 is 0.242 bits per heavy atom. The van der Waals surface area contributed by atoms with Crippen LogP contribution in [-0.2, 0) is 0 Å². The predicted molar refractivity (Wildman–Crippen MR) is 263 cm³/mol. The molecule has 0 atom stereocenters. The van der Waals surface area contributed by atoms with E-state index in [1.54, 1.807) is 0 Å². The largest absolute Gasteiger partial charge is 0.310 e. The molecule has 0 saturated carbocycles. The van der Waals surface area contributed by atoms with Gasteiger partial charge in [-0.15, -0.1) is 0 Å². The number of anilines is 3. The third-order valence-electron chi connectivity index (χ3n) is 12.0. The van der Waals surface area contributed by atoms with Crippen LogP contribution in [-0.4, -0.2) is 4.57 Å². The molecule has 0 radical (unpaired) electrons. The summed E-state index contributed by atoms with van der Waals surface area (Å²) in [6, 6.07) is 92.1. The molecule has 0 amide bonds. The van der Waals surface area contributed by atoms with Crippen molar-refractivity contribution in [3.8, 4) is 61.3 Å². The fraction of sp³-hybridized carbons (Fsp3) is 0. The third kappa shape index (κ3) is 6.84. The number of hydrogen-bond acceptors (Lipinski definition) is 1. The molecule has 2 heteroatoms. The fourth-order valence-corrected chi connectivity index (χ4v) is 9.07. The molecular weight excluding hydrogens is 749 g/mol. The van der Waals surface area contributed by atoms with Crippen LogP contribution in [0.15, 0.2) is 255 Å². The van der Waals surface area contributed by atoms with Gasteiger partial charge in [-0.25, -0.2) is 0 Å². The Labute approximate surface area is 362 Å². The number of nitrogens with zero attached hydrogens (tertiary/aromatic N) is 2. The van der Waals surface area contributed by atoms with Crippen LogP contribution in [0.5, 0.6) is 0 Å². The summed E-state index contributed by atoms with van der Waals surface area (Å²) in [5.74, 6) is 0. The number of aromatic nitrogens is 1. The molecule has 0 spiro atoms. The Bertz CT molecular complexity index is 3330. The molecule has 0 saturated heterocycles. The van der Waals surface area contributed by atoms with Gasteiger partial charge in [0.2, 0.25) is 0 Å². The smallest absolute Gasteiger partial charge is 0.0547 e. The lowest BCUT2D eigenvalue weighted by atomic mass is 9.93. The van der Waals surface area contributed by atoms with Gasteiger partial charge in [-0.05, 0) is 111 Å². The first kappa shape index (κ1) is 36.8. The van der Waals surface area contributed by atoms with Crippen LogP contribution in [0, 0.1) is 0 Å². The molecule has 0 aliphatic rings. The highest BCUT2D eigenvalue weighted by molar-refractivity contribution is 6.11. The lowest BCUT2D eigenvalue weighted by Gasteiger charge is -2.26. The minimum absolute atomic E-state index is 1.09. The second kappa shape index (κ2) is 16.1. The number of para-hydroxylation sites is 2. The van der Waals surface area contributed by atoms with Crippen LogP contribution in [0.3, 0.4) is 0 Å². The molecule has 0 unspecified atom stereocenters. The van der Waals surface area contributed by atoms with Crippen molar-refractivity contribution in [2.45, 2.75) is 0 Å². The first-order valence-electron chi connectivity index (χ1n) is 21.3. The van der Waals surface area contributed by atoms with Gasteiger partial charge in [-0.3, -0.25) is 0 Å². The number of rotatable bonds is 9. The zero-order chi connectivity index (χ0) is 41.2. The molecule has 292 valence electrons. The number of fused-ring (bicyclic) bond motifs is 3. The zero-order valence-corrected chi connectivity index (χ0v) is 34.1. The third-order valence-corrected chi connectivity index (χ3v) is 12.0. The monoisotopic (exact) mass is 790 g/mol. The second-order valence-electron chi connectivity index (χ2n) is 15.7. The van der Waals surface area contributed by atoms with Gasteiger partial charge in [0, 0.05) is 33.4 Å². The Kier molecular flexibility index (Phi) is 9.57. The van der Waals surface area contributed by atoms with E-state index in [4.69, 9.17) is 0 Å². The van der Waals surface area contributed by atoms with Gasteiger partial charge in [-0.2, -0.15) is 0 Å². The van der Waals surface area contributed by atoms with E-state index in [0.29, 0.717) is 0 Å². The van der Waals surface area contributed by atoms with Gasteiger partial charge < -0.3 is 9.47 Å². The molecule has 1 aromatic heterocycles. The molecule has 11 aromatic rings. The predicted octanol–water partition coefficient (Wildman–Crippen LogP) is 16.6. The van der Waals surface area contributed by atoms with Crippen LogP contribution in [0.2, 0.25) is 0 Å². The Balaban J connectivity index is 1.06. The van der Waals surface area contributed by atoms with E-state index in [1.165, 1.54) is 71.9 Å². The van der Waals surface area contributed by atoms with E-state index in [2.05, 4.69) is 264 Å². The zero-order valence-electron chi connectivity index (χ0n) is 34.1. The van der Waals surface area contributed by atoms with Crippen LogP contribution >= 0.6 is 0 Å². The Morgan fingerprint density at radius 2 is 0.694 bits per heavy atom. The summed E-state index contributed by atoms with van der Waals surface area (Å²) in [5, 5.41) is 2.46. The molecule has 10 aromatic carbocycles. The summed E-state index contributed by atoms with van der Waals surface area (Å²) < 4.78 is 2.47. The molecular formula is C60H42N2. The van der Waals surface area contributed by atoms with E-state index in [1.807, 2.05) is 0 Å². The molecule has 0 aliphatic heterocycles. The first-order chi connectivity index (χ1) is 30.8. The quantitative estimate of drug-likeness (QED) is 0.141. The van der Waals surface area contributed by atoms with Gasteiger partial charge in [0.1, 0.15) is 0 Å². The second-order valence-corrected chi connectivity index (χ2v) is 15.7. The summed E-state index contributed by atoms with van der Waals surface area (Å²) >= 11 is 0. The van der Waals surface area contributed by atoms with Crippen LogP contribution in [0.4, 0.5) is 17.1 Å². The van der Waals surface area contributed by atoms with Gasteiger partial charge in [0.05, 0.1) is 16.7 Å². The van der Waals surface area contributed by atoms with Crippen molar-refractivity contribution < 1.29 is 0 Å². The molecule has 0 aliphatic carbocycles. The van der Waals surface area contributed by atoms with Crippen molar-refractivity contribution in [3.05, 3.63) is 255 Å². The fourth-order valence-electron chi connectivity index (χ4n) is 9.07. The maximum Gasteiger partial charge on any atom is 0.0547 e. The molecule has 0 bridgehead atoms. The average Bonchev–Trinajstić information content (AvgIpc) is 3.69. The van der Waals surface area contributed by atoms with Crippen molar-refractivity contribution in [3.63, 3.8) is 0 Å². The molecule has 0 N–H and O–H groups in total. The molecule has 2 nitrogen and oxygen atoms in total. The summed E-state index contributed by atoms with van der Waals surface area (Å²) in [7, 11) is 0. The van der Waals surface area contributed by atoms with Gasteiger partial charge in [0.25, 0.3) is 0 Å². The Morgan fingerprint density at radius 3 is 1.35 bits per heavy atom. The van der Waals surface area contributed by atoms with Crippen LogP contribution < -0.4 is 4.90 Å². The minimum atomic E-state index is 1.09. The average molecular weight is 791 g/mol. The van der Waals surface area contributed by atoms with E-state index in [9.17, 15) is 0 Å². The Hall–Kier alpha value is -8.20. The van der Waals surface area contributed by atoms with Gasteiger partial charge in [-0.1, -0.05) is 194 Å². The molecule has 1 heterocycles. The minimum Gasteiger partial charge on any atom is -0.310 e. The summed E-state index contributed by atoms with van der Waals surface area (Å²) in [4.78, 5) is 2.36. The topological polar surface area (TPSA) is 8.17 Å². The van der Waals surface area contributed by atoms with E-state index in [-0.39, 0.29) is 0 Å². The van der Waals surface area contributed by atoms with Gasteiger partial charge in [0.15, 0.2) is 0 Å². The summed E-state index contributed by atoms with van der Waals surface area (Å²) in [5.41, 5.74) is 18.6. The molecule has 11 rings (SSSR count). The highest BCUT2D eigenvalue weighted by Crippen LogP contribution is 2.43. The normalized spacial score (nSPS) is 11.2. The van der Waals surface area contributed by atoms with Crippen molar-refractivity contribution in [1.29, 1.82) is 0 Å². The van der Waals surface area contributed by atoms with Crippen molar-refractivity contribution in [2.75, 3.05) is 4.90 Å². The van der Waals surface area contributed by atoms with E-state index in [0.717, 1.165) is 28.3 Å². The van der Waals surface area contributed by atoms with Crippen LogP contribution in [0.25, 0.3) is 83.1 Å². The standard InChI is InChI=1S/C60H42N2/c1-5-19-43(20-6-1)46-25-17-29-51(39-46)61(50-27-11-4-12-28-50)52-30-18-26-48(40-52)53-31-13-14-32-54(53)49-35-37-56-55-33-15-16-34-58(55)62(60(56)42-49)59-38-36-47(44-21-7-2-8-22-44)41-57(59)45-23-9-3-10-24-45/h1-42H. The lowest BCUT2D eigenvalue weighted by molar-refractivity contribution is 1.18. The summed E-state index contributed by atoms with van der Waals surface area (Å²) in [6.45, 7) is 0. The van der Waals surface area contributed by atoms with Crippen molar-refractivity contribution in [2.24, 2.45) is 0 Å². The lowest BCUT2D eigenvalue weighted by Crippen LogP contribution is -2.10. The van der Waals surface area contributed by atoms with Crippen molar-refractivity contribution in [1.82, 2.24) is 4.57 Å². The number of benzene rings is 10. The molecule has 0 fully saturated rings. The highest BCUT2D eigenvalue weighted by Gasteiger charge is 2.19. The van der Waals surface area contributed by atoms with Gasteiger partial charge >= 0.3 is 0 Å². The highest BCUT2D eigenvalue weighted by atomic mass is 15.1. The van der Waals surface area contributed by atoms with Crippen LogP contribution in [0.1, 0.15) is 0 Å². The van der Waals surface area contributed by atoms with Crippen molar-refractivity contribution >= 4 is 38.9 Å². The summed E-state index contributed by atoms with van der Waals surface area (Å²) in [6.07, 6.45) is 0. The SMILES string of the molecule is c1ccc(-c2cccc(N(c3ccccc3)c3cccc(-c4ccccc4-c4ccc5c6ccccc6n(-c6ccc(-c7ccccc7)cc6-c6ccccc6)c5c4)c3)c2)cc1. The first-order valence-corrected chi connectivity index (χ1v) is 21.3. The maximum atomic E-state index is 2.47. The van der Waals surface area contributed by atoms with E-state index >= 15 is 0 Å². The number of hydrogen-bond donors (Lipinski definition) is 0. The van der Waals surface area contributed by atoms with E-state index < -0.39 is 0 Å².